The highest BCUT2D eigenvalue weighted by Gasteiger charge is 2.23. The second-order valence-electron chi connectivity index (χ2n) is 6.90. The molecule has 1 aromatic carbocycles. The molecule has 8 heteroatoms. The summed E-state index contributed by atoms with van der Waals surface area (Å²) in [6.45, 7) is 1.39. The number of ether oxygens (including phenoxy) is 2. The zero-order chi connectivity index (χ0) is 21.0. The third-order valence-corrected chi connectivity index (χ3v) is 4.98. The highest BCUT2D eigenvalue weighted by Crippen LogP contribution is 2.29. The number of hydrogen-bond donors (Lipinski definition) is 1. The lowest BCUT2D eigenvalue weighted by atomic mass is 10.1. The van der Waals surface area contributed by atoms with Crippen LogP contribution < -0.4 is 20.3 Å². The predicted octanol–water partition coefficient (Wildman–Crippen LogP) is 2.28. The second-order valence-corrected chi connectivity index (χ2v) is 6.90. The number of methoxy groups -OCH3 is 2. The van der Waals surface area contributed by atoms with E-state index in [4.69, 9.17) is 9.47 Å². The number of amides is 2. The summed E-state index contributed by atoms with van der Waals surface area (Å²) in [7, 11) is 4.44. The molecule has 1 N–H and O–H groups in total. The summed E-state index contributed by atoms with van der Waals surface area (Å²) in [5.41, 5.74) is 0.138. The fraction of sp³-hybridized carbons (Fsp3) is 0.381. The summed E-state index contributed by atoms with van der Waals surface area (Å²) in [5, 5.41) is 2.61. The Morgan fingerprint density at radius 1 is 1.03 bits per heavy atom. The lowest BCUT2D eigenvalue weighted by Gasteiger charge is -2.27. The maximum atomic E-state index is 12.9. The van der Waals surface area contributed by atoms with Gasteiger partial charge in [-0.05, 0) is 37.5 Å². The van der Waals surface area contributed by atoms with Gasteiger partial charge in [-0.1, -0.05) is 6.07 Å². The van der Waals surface area contributed by atoms with Crippen molar-refractivity contribution in [2.75, 3.05) is 32.6 Å². The molecular weight excluding hydrogens is 374 g/mol. The van der Waals surface area contributed by atoms with Crippen LogP contribution in [0.4, 0.5) is 5.69 Å². The summed E-state index contributed by atoms with van der Waals surface area (Å²) < 4.78 is 11.8. The molecule has 8 nitrogen and oxygen atoms in total. The van der Waals surface area contributed by atoms with E-state index in [9.17, 15) is 14.4 Å². The summed E-state index contributed by atoms with van der Waals surface area (Å²) in [6, 6.07) is 6.39. The van der Waals surface area contributed by atoms with Gasteiger partial charge in [0.25, 0.3) is 17.4 Å². The lowest BCUT2D eigenvalue weighted by molar-refractivity contribution is 0.0723. The van der Waals surface area contributed by atoms with Gasteiger partial charge in [0, 0.05) is 26.3 Å². The molecule has 1 fully saturated rings. The Kier molecular flexibility index (Phi) is 6.21. The molecule has 0 aliphatic carbocycles. The van der Waals surface area contributed by atoms with Crippen molar-refractivity contribution >= 4 is 17.5 Å². The number of aryl methyl sites for hydroxylation is 1. The van der Waals surface area contributed by atoms with E-state index in [2.05, 4.69) is 5.32 Å². The van der Waals surface area contributed by atoms with Crippen LogP contribution in [-0.4, -0.2) is 48.6 Å². The van der Waals surface area contributed by atoms with E-state index in [1.807, 2.05) is 0 Å². The number of carbonyl (C=O) groups excluding carboxylic acids is 2. The van der Waals surface area contributed by atoms with Crippen molar-refractivity contribution in [1.29, 1.82) is 0 Å². The SMILES string of the molecule is COc1cccc(OC)c1C(=O)Nc1cc(C(=O)N2CCCCC2)cn(C)c1=O. The molecule has 0 atom stereocenters. The summed E-state index contributed by atoms with van der Waals surface area (Å²) in [4.78, 5) is 40.1. The number of anilines is 1. The van der Waals surface area contributed by atoms with Crippen LogP contribution in [0.2, 0.25) is 0 Å². The largest absolute Gasteiger partial charge is 0.496 e. The van der Waals surface area contributed by atoms with Gasteiger partial charge in [0.05, 0.1) is 19.8 Å². The third-order valence-electron chi connectivity index (χ3n) is 4.98. The average molecular weight is 399 g/mol. The van der Waals surface area contributed by atoms with Crippen molar-refractivity contribution in [3.8, 4) is 11.5 Å². The van der Waals surface area contributed by atoms with Gasteiger partial charge in [0.15, 0.2) is 0 Å². The maximum absolute atomic E-state index is 12.9. The molecule has 1 saturated heterocycles. The first kappa shape index (κ1) is 20.4. The van der Waals surface area contributed by atoms with Crippen LogP contribution in [0.5, 0.6) is 11.5 Å². The summed E-state index contributed by atoms with van der Waals surface area (Å²) in [5.74, 6) is -0.0666. The van der Waals surface area contributed by atoms with Crippen LogP contribution >= 0.6 is 0 Å². The zero-order valence-corrected chi connectivity index (χ0v) is 16.9. The van der Waals surface area contributed by atoms with E-state index in [0.717, 1.165) is 19.3 Å². The van der Waals surface area contributed by atoms with E-state index < -0.39 is 11.5 Å². The summed E-state index contributed by atoms with van der Waals surface area (Å²) in [6.07, 6.45) is 4.54. The number of benzene rings is 1. The Morgan fingerprint density at radius 3 is 2.24 bits per heavy atom. The molecule has 2 heterocycles. The third kappa shape index (κ3) is 4.26. The number of piperidine rings is 1. The van der Waals surface area contributed by atoms with E-state index in [1.165, 1.54) is 31.0 Å². The van der Waals surface area contributed by atoms with Crippen LogP contribution in [-0.2, 0) is 7.05 Å². The number of nitrogens with zero attached hydrogens (tertiary/aromatic N) is 2. The van der Waals surface area contributed by atoms with Crippen LogP contribution in [0.3, 0.4) is 0 Å². The Balaban J connectivity index is 1.93. The number of carbonyl (C=O) groups is 2. The van der Waals surface area contributed by atoms with Crippen LogP contribution in [0.1, 0.15) is 40.0 Å². The minimum atomic E-state index is -0.557. The van der Waals surface area contributed by atoms with Crippen LogP contribution in [0, 0.1) is 0 Å². The number of hydrogen-bond acceptors (Lipinski definition) is 5. The Bertz CT molecular complexity index is 955. The minimum Gasteiger partial charge on any atom is -0.496 e. The van der Waals surface area contributed by atoms with Gasteiger partial charge >= 0.3 is 0 Å². The molecule has 0 unspecified atom stereocenters. The topological polar surface area (TPSA) is 89.9 Å². The second kappa shape index (κ2) is 8.81. The lowest BCUT2D eigenvalue weighted by Crippen LogP contribution is -2.36. The minimum absolute atomic E-state index is 0.0216. The van der Waals surface area contributed by atoms with Gasteiger partial charge in [0.2, 0.25) is 0 Å². The first-order valence-electron chi connectivity index (χ1n) is 9.48. The van der Waals surface area contributed by atoms with Gasteiger partial charge in [-0.25, -0.2) is 0 Å². The van der Waals surface area contributed by atoms with Crippen molar-refractivity contribution < 1.29 is 19.1 Å². The predicted molar refractivity (Wildman–Crippen MR) is 109 cm³/mol. The average Bonchev–Trinajstić information content (AvgIpc) is 2.75. The molecule has 1 aliphatic heterocycles. The first-order chi connectivity index (χ1) is 14.0. The fourth-order valence-corrected chi connectivity index (χ4v) is 3.46. The van der Waals surface area contributed by atoms with Crippen molar-refractivity contribution in [1.82, 2.24) is 9.47 Å². The van der Waals surface area contributed by atoms with Crippen molar-refractivity contribution in [3.05, 3.63) is 51.9 Å². The van der Waals surface area contributed by atoms with E-state index in [1.54, 1.807) is 30.1 Å². The van der Waals surface area contributed by atoms with Crippen molar-refractivity contribution in [2.24, 2.45) is 7.05 Å². The Morgan fingerprint density at radius 2 is 1.66 bits per heavy atom. The standard InChI is InChI=1S/C21H25N3O5/c1-23-13-14(20(26)24-10-5-4-6-11-24)12-15(21(23)27)22-19(25)18-16(28-2)8-7-9-17(18)29-3/h7-9,12-13H,4-6,10-11H2,1-3H3,(H,22,25). The molecule has 1 aromatic heterocycles. The highest BCUT2D eigenvalue weighted by atomic mass is 16.5. The molecule has 29 heavy (non-hydrogen) atoms. The van der Waals surface area contributed by atoms with Crippen molar-refractivity contribution in [2.45, 2.75) is 19.3 Å². The van der Waals surface area contributed by atoms with Gasteiger partial charge < -0.3 is 24.3 Å². The van der Waals surface area contributed by atoms with Gasteiger partial charge in [-0.3, -0.25) is 14.4 Å². The maximum Gasteiger partial charge on any atom is 0.274 e. The molecule has 0 saturated carbocycles. The smallest absolute Gasteiger partial charge is 0.274 e. The number of pyridine rings is 1. The summed E-state index contributed by atoms with van der Waals surface area (Å²) >= 11 is 0. The molecule has 1 aliphatic rings. The molecule has 154 valence electrons. The number of likely N-dealkylation sites (tertiary alicyclic amines) is 1. The molecule has 2 amide bonds. The fourth-order valence-electron chi connectivity index (χ4n) is 3.46. The molecule has 0 radical (unpaired) electrons. The highest BCUT2D eigenvalue weighted by molar-refractivity contribution is 6.08. The number of rotatable bonds is 5. The molecule has 0 bridgehead atoms. The van der Waals surface area contributed by atoms with E-state index >= 15 is 0 Å². The molecule has 2 aromatic rings. The van der Waals surface area contributed by atoms with E-state index in [0.29, 0.717) is 30.2 Å². The van der Waals surface area contributed by atoms with E-state index in [-0.39, 0.29) is 17.2 Å². The molecular formula is C21H25N3O5. The quantitative estimate of drug-likeness (QED) is 0.833. The zero-order valence-electron chi connectivity index (χ0n) is 16.9. The molecule has 3 rings (SSSR count). The first-order valence-corrected chi connectivity index (χ1v) is 9.48. The number of aromatic nitrogens is 1. The van der Waals surface area contributed by atoms with Crippen molar-refractivity contribution in [3.63, 3.8) is 0 Å². The van der Waals surface area contributed by atoms with Crippen LogP contribution in [0.25, 0.3) is 0 Å². The van der Waals surface area contributed by atoms with Crippen LogP contribution in [0.15, 0.2) is 35.3 Å². The number of nitrogens with one attached hydrogen (secondary N) is 1. The van der Waals surface area contributed by atoms with Gasteiger partial charge in [0.1, 0.15) is 22.7 Å². The van der Waals surface area contributed by atoms with Gasteiger partial charge in [-0.2, -0.15) is 0 Å². The normalized spacial score (nSPS) is 13.7. The Labute approximate surface area is 169 Å². The Hall–Kier alpha value is -3.29. The monoisotopic (exact) mass is 399 g/mol. The molecule has 0 spiro atoms. The van der Waals surface area contributed by atoms with Gasteiger partial charge in [-0.15, -0.1) is 0 Å².